The summed E-state index contributed by atoms with van der Waals surface area (Å²) in [6, 6.07) is 13.0. The third kappa shape index (κ3) is 3.63. The SMILES string of the molecule is CCOC(=O)c1ccc(N)c(Nc2cccc(I)c2)c1. The second-order valence-electron chi connectivity index (χ2n) is 4.16. The first-order chi connectivity index (χ1) is 9.60. The highest BCUT2D eigenvalue weighted by Crippen LogP contribution is 2.25. The zero-order valence-corrected chi connectivity index (χ0v) is 13.2. The van der Waals surface area contributed by atoms with Gasteiger partial charge in [-0.3, -0.25) is 0 Å². The highest BCUT2D eigenvalue weighted by Gasteiger charge is 2.09. The van der Waals surface area contributed by atoms with Gasteiger partial charge in [0.2, 0.25) is 0 Å². The van der Waals surface area contributed by atoms with Gasteiger partial charge in [-0.05, 0) is 65.9 Å². The predicted octanol–water partition coefficient (Wildman–Crippen LogP) is 3.79. The molecule has 0 bridgehead atoms. The lowest BCUT2D eigenvalue weighted by molar-refractivity contribution is 0.0526. The second kappa shape index (κ2) is 6.60. The van der Waals surface area contributed by atoms with E-state index in [2.05, 4.69) is 27.9 Å². The number of nitrogens with one attached hydrogen (secondary N) is 1. The molecule has 0 spiro atoms. The molecule has 104 valence electrons. The molecule has 0 aromatic heterocycles. The number of carbonyl (C=O) groups excluding carboxylic acids is 1. The van der Waals surface area contributed by atoms with E-state index in [1.165, 1.54) is 0 Å². The number of nitrogen functional groups attached to an aromatic ring is 1. The lowest BCUT2D eigenvalue weighted by Gasteiger charge is -2.11. The van der Waals surface area contributed by atoms with Crippen LogP contribution in [0.2, 0.25) is 0 Å². The molecule has 20 heavy (non-hydrogen) atoms. The lowest BCUT2D eigenvalue weighted by Crippen LogP contribution is -2.06. The average molecular weight is 382 g/mol. The first-order valence-corrected chi connectivity index (χ1v) is 7.27. The van der Waals surface area contributed by atoms with Crippen LogP contribution in [0, 0.1) is 3.57 Å². The van der Waals surface area contributed by atoms with Crippen molar-refractivity contribution in [1.82, 2.24) is 0 Å². The standard InChI is InChI=1S/C15H15IN2O2/c1-2-20-15(19)10-6-7-13(17)14(8-10)18-12-5-3-4-11(16)9-12/h3-9,18H,2,17H2,1H3. The number of anilines is 3. The van der Waals surface area contributed by atoms with Crippen LogP contribution in [0.15, 0.2) is 42.5 Å². The lowest BCUT2D eigenvalue weighted by atomic mass is 10.1. The number of nitrogens with two attached hydrogens (primary N) is 1. The van der Waals surface area contributed by atoms with Crippen molar-refractivity contribution in [3.63, 3.8) is 0 Å². The Hall–Kier alpha value is -1.76. The summed E-state index contributed by atoms with van der Waals surface area (Å²) in [5.74, 6) is -0.349. The van der Waals surface area contributed by atoms with Gasteiger partial charge in [0.1, 0.15) is 0 Å². The van der Waals surface area contributed by atoms with Crippen LogP contribution < -0.4 is 11.1 Å². The second-order valence-corrected chi connectivity index (χ2v) is 5.40. The maximum Gasteiger partial charge on any atom is 0.338 e. The van der Waals surface area contributed by atoms with Crippen molar-refractivity contribution in [2.24, 2.45) is 0 Å². The molecule has 0 heterocycles. The van der Waals surface area contributed by atoms with Crippen LogP contribution >= 0.6 is 22.6 Å². The number of halogens is 1. The summed E-state index contributed by atoms with van der Waals surface area (Å²) >= 11 is 2.24. The largest absolute Gasteiger partial charge is 0.462 e. The van der Waals surface area contributed by atoms with E-state index in [0.29, 0.717) is 23.5 Å². The zero-order valence-electron chi connectivity index (χ0n) is 11.0. The van der Waals surface area contributed by atoms with Crippen molar-refractivity contribution < 1.29 is 9.53 Å². The molecule has 0 saturated heterocycles. The summed E-state index contributed by atoms with van der Waals surface area (Å²) in [6.07, 6.45) is 0. The fourth-order valence-electron chi connectivity index (χ4n) is 1.73. The number of hydrogen-bond acceptors (Lipinski definition) is 4. The number of benzene rings is 2. The van der Waals surface area contributed by atoms with E-state index in [1.807, 2.05) is 24.3 Å². The first-order valence-electron chi connectivity index (χ1n) is 6.19. The molecule has 0 aliphatic carbocycles. The Morgan fingerprint density at radius 2 is 2.10 bits per heavy atom. The molecule has 4 nitrogen and oxygen atoms in total. The van der Waals surface area contributed by atoms with Crippen LogP contribution in [0.4, 0.5) is 17.1 Å². The molecule has 0 amide bonds. The Kier molecular flexibility index (Phi) is 4.84. The third-order valence-electron chi connectivity index (χ3n) is 2.67. The highest BCUT2D eigenvalue weighted by atomic mass is 127. The summed E-state index contributed by atoms with van der Waals surface area (Å²) in [6.45, 7) is 2.13. The van der Waals surface area contributed by atoms with E-state index in [0.717, 1.165) is 9.26 Å². The summed E-state index contributed by atoms with van der Waals surface area (Å²) in [5, 5.41) is 3.21. The van der Waals surface area contributed by atoms with Crippen molar-refractivity contribution in [2.75, 3.05) is 17.7 Å². The van der Waals surface area contributed by atoms with Gasteiger partial charge in [-0.15, -0.1) is 0 Å². The number of carbonyl (C=O) groups is 1. The van der Waals surface area contributed by atoms with Crippen molar-refractivity contribution in [3.05, 3.63) is 51.6 Å². The maximum atomic E-state index is 11.7. The molecule has 2 aromatic carbocycles. The average Bonchev–Trinajstić information content (AvgIpc) is 2.41. The molecule has 0 aliphatic rings. The van der Waals surface area contributed by atoms with Crippen LogP contribution in [0.3, 0.4) is 0 Å². The van der Waals surface area contributed by atoms with E-state index in [1.54, 1.807) is 25.1 Å². The minimum Gasteiger partial charge on any atom is -0.462 e. The molecule has 3 N–H and O–H groups in total. The Morgan fingerprint density at radius 3 is 2.80 bits per heavy atom. The summed E-state index contributed by atoms with van der Waals surface area (Å²) in [4.78, 5) is 11.7. The van der Waals surface area contributed by atoms with E-state index in [-0.39, 0.29) is 5.97 Å². The van der Waals surface area contributed by atoms with Crippen LogP contribution in [0.5, 0.6) is 0 Å². The molecular formula is C15H15IN2O2. The highest BCUT2D eigenvalue weighted by molar-refractivity contribution is 14.1. The topological polar surface area (TPSA) is 64.3 Å². The summed E-state index contributed by atoms with van der Waals surface area (Å²) in [7, 11) is 0. The number of rotatable bonds is 4. The van der Waals surface area contributed by atoms with Crippen LogP contribution in [-0.4, -0.2) is 12.6 Å². The van der Waals surface area contributed by atoms with Gasteiger partial charge in [0, 0.05) is 9.26 Å². The number of ether oxygens (including phenoxy) is 1. The normalized spacial score (nSPS) is 10.1. The quantitative estimate of drug-likeness (QED) is 0.480. The Morgan fingerprint density at radius 1 is 1.30 bits per heavy atom. The number of hydrogen-bond donors (Lipinski definition) is 2. The minimum atomic E-state index is -0.349. The zero-order chi connectivity index (χ0) is 14.5. The Bertz CT molecular complexity index is 629. The molecule has 5 heteroatoms. The third-order valence-corrected chi connectivity index (χ3v) is 3.34. The van der Waals surface area contributed by atoms with Gasteiger partial charge in [0.25, 0.3) is 0 Å². The molecule has 2 aromatic rings. The van der Waals surface area contributed by atoms with Gasteiger partial charge < -0.3 is 15.8 Å². The molecule has 0 saturated carbocycles. The van der Waals surface area contributed by atoms with Crippen molar-refractivity contribution >= 4 is 45.6 Å². The molecule has 0 unspecified atom stereocenters. The van der Waals surface area contributed by atoms with Gasteiger partial charge >= 0.3 is 5.97 Å². The molecule has 2 rings (SSSR count). The van der Waals surface area contributed by atoms with Crippen molar-refractivity contribution in [2.45, 2.75) is 6.92 Å². The van der Waals surface area contributed by atoms with E-state index in [9.17, 15) is 4.79 Å². The molecule has 0 atom stereocenters. The van der Waals surface area contributed by atoms with Crippen LogP contribution in [0.1, 0.15) is 17.3 Å². The maximum absolute atomic E-state index is 11.7. The van der Waals surface area contributed by atoms with Gasteiger partial charge in [-0.25, -0.2) is 4.79 Å². The Balaban J connectivity index is 2.27. The fourth-order valence-corrected chi connectivity index (χ4v) is 2.27. The van der Waals surface area contributed by atoms with E-state index in [4.69, 9.17) is 10.5 Å². The fraction of sp³-hybridized carbons (Fsp3) is 0.133. The molecule has 0 aliphatic heterocycles. The van der Waals surface area contributed by atoms with Gasteiger partial charge in [-0.1, -0.05) is 6.07 Å². The monoisotopic (exact) mass is 382 g/mol. The Labute approximate surface area is 131 Å². The predicted molar refractivity (Wildman–Crippen MR) is 89.3 cm³/mol. The van der Waals surface area contributed by atoms with E-state index < -0.39 is 0 Å². The number of esters is 1. The molecule has 0 fully saturated rings. The minimum absolute atomic E-state index is 0.349. The molecular weight excluding hydrogens is 367 g/mol. The summed E-state index contributed by atoms with van der Waals surface area (Å²) < 4.78 is 6.10. The molecule has 0 radical (unpaired) electrons. The first kappa shape index (κ1) is 14.6. The smallest absolute Gasteiger partial charge is 0.338 e. The van der Waals surface area contributed by atoms with Crippen molar-refractivity contribution in [1.29, 1.82) is 0 Å². The van der Waals surface area contributed by atoms with Gasteiger partial charge in [0.05, 0.1) is 23.5 Å². The van der Waals surface area contributed by atoms with E-state index >= 15 is 0 Å². The van der Waals surface area contributed by atoms with Crippen LogP contribution in [0.25, 0.3) is 0 Å². The summed E-state index contributed by atoms with van der Waals surface area (Å²) in [5.41, 5.74) is 8.61. The van der Waals surface area contributed by atoms with Gasteiger partial charge in [-0.2, -0.15) is 0 Å². The van der Waals surface area contributed by atoms with Gasteiger partial charge in [0.15, 0.2) is 0 Å². The van der Waals surface area contributed by atoms with Crippen molar-refractivity contribution in [3.8, 4) is 0 Å². The van der Waals surface area contributed by atoms with Crippen LogP contribution in [-0.2, 0) is 4.74 Å².